The molecule has 240 valence electrons. The molecule has 0 bridgehead atoms. The van der Waals surface area contributed by atoms with E-state index in [0.717, 1.165) is 36.1 Å². The van der Waals surface area contributed by atoms with Gasteiger partial charge >= 0.3 is 0 Å². The number of anilines is 1. The van der Waals surface area contributed by atoms with Gasteiger partial charge in [0.15, 0.2) is 0 Å². The lowest BCUT2D eigenvalue weighted by Gasteiger charge is -2.33. The van der Waals surface area contributed by atoms with Gasteiger partial charge in [0.1, 0.15) is 18.3 Å². The molecule has 11 nitrogen and oxygen atoms in total. The Hall–Kier alpha value is -3.87. The van der Waals surface area contributed by atoms with E-state index in [9.17, 15) is 28.1 Å². The van der Waals surface area contributed by atoms with E-state index in [2.05, 4.69) is 5.32 Å². The molecule has 1 N–H and O–H groups in total. The van der Waals surface area contributed by atoms with Gasteiger partial charge in [-0.3, -0.25) is 24.0 Å². The van der Waals surface area contributed by atoms with Crippen molar-refractivity contribution in [3.8, 4) is 5.75 Å². The fraction of sp³-hybridized carbons (Fsp3) is 0.355. The van der Waals surface area contributed by atoms with Crippen molar-refractivity contribution in [2.24, 2.45) is 0 Å². The van der Waals surface area contributed by atoms with Gasteiger partial charge in [-0.05, 0) is 62.6 Å². The quantitative estimate of drug-likeness (QED) is 0.186. The molecule has 0 spiro atoms. The Morgan fingerprint density at radius 2 is 1.78 bits per heavy atom. The summed E-state index contributed by atoms with van der Waals surface area (Å²) in [6.07, 6.45) is 3.65. The number of nitro groups is 1. The van der Waals surface area contributed by atoms with Gasteiger partial charge in [0, 0.05) is 34.3 Å². The number of hydrogen-bond acceptors (Lipinski definition) is 7. The van der Waals surface area contributed by atoms with E-state index in [1.54, 1.807) is 31.2 Å². The monoisotopic (exact) mass is 676 g/mol. The summed E-state index contributed by atoms with van der Waals surface area (Å²) in [6, 6.07) is 13.6. The maximum absolute atomic E-state index is 14.2. The highest BCUT2D eigenvalue weighted by atomic mass is 35.5. The van der Waals surface area contributed by atoms with Gasteiger partial charge in [-0.25, -0.2) is 8.42 Å². The minimum absolute atomic E-state index is 0.0119. The molecule has 0 saturated heterocycles. The molecule has 0 aliphatic heterocycles. The van der Waals surface area contributed by atoms with Crippen LogP contribution in [0.2, 0.25) is 10.0 Å². The molecule has 4 rings (SSSR count). The predicted molar refractivity (Wildman–Crippen MR) is 172 cm³/mol. The van der Waals surface area contributed by atoms with Crippen LogP contribution in [0.4, 0.5) is 11.4 Å². The van der Waals surface area contributed by atoms with Crippen molar-refractivity contribution in [3.05, 3.63) is 92.0 Å². The zero-order valence-corrected chi connectivity index (χ0v) is 27.4. The molecule has 3 aromatic rings. The second kappa shape index (κ2) is 14.5. The predicted octanol–water partition coefficient (Wildman–Crippen LogP) is 5.89. The molecule has 1 fully saturated rings. The van der Waals surface area contributed by atoms with Crippen LogP contribution in [0, 0.1) is 17.0 Å². The summed E-state index contributed by atoms with van der Waals surface area (Å²) in [5.74, 6) is -1.02. The standard InChI is InChI=1S/C31H34Cl2N4O7S/c1-20-12-14-25(17-27(20)37(40)41)45(42,43)36(28-16-23(32)13-15-29(28)44-3)19-30(38)35(18-22-8-4-7-11-26(22)33)21(2)31(39)34-24-9-5-6-10-24/h4,7-8,11-17,21,24H,5-6,9-10,18-19H2,1-3H3,(H,34,39)/t21-/m1/s1. The molecule has 3 aromatic carbocycles. The van der Waals surface area contributed by atoms with E-state index in [1.807, 2.05) is 0 Å². The highest BCUT2D eigenvalue weighted by molar-refractivity contribution is 7.92. The first kappa shape index (κ1) is 34.0. The van der Waals surface area contributed by atoms with Crippen molar-refractivity contribution < 1.29 is 27.7 Å². The third kappa shape index (κ3) is 7.86. The van der Waals surface area contributed by atoms with Gasteiger partial charge in [0.05, 0.1) is 22.6 Å². The number of amides is 2. The van der Waals surface area contributed by atoms with Gasteiger partial charge in [0.2, 0.25) is 11.8 Å². The van der Waals surface area contributed by atoms with Crippen molar-refractivity contribution in [3.63, 3.8) is 0 Å². The maximum atomic E-state index is 14.2. The summed E-state index contributed by atoms with van der Waals surface area (Å²) in [6.45, 7) is 2.18. The van der Waals surface area contributed by atoms with Crippen molar-refractivity contribution in [1.29, 1.82) is 0 Å². The van der Waals surface area contributed by atoms with Crippen molar-refractivity contribution >= 4 is 56.4 Å². The van der Waals surface area contributed by atoms with Crippen LogP contribution >= 0.6 is 23.2 Å². The number of nitrogens with one attached hydrogen (secondary N) is 1. The Balaban J connectivity index is 1.79. The zero-order valence-electron chi connectivity index (χ0n) is 25.0. The Morgan fingerprint density at radius 1 is 1.09 bits per heavy atom. The van der Waals surface area contributed by atoms with Gasteiger partial charge in [-0.1, -0.05) is 60.3 Å². The number of nitrogens with zero attached hydrogens (tertiary/aromatic N) is 3. The average molecular weight is 678 g/mol. The number of ether oxygens (including phenoxy) is 1. The molecule has 1 aliphatic carbocycles. The molecular formula is C31H34Cl2N4O7S. The number of carbonyl (C=O) groups is 2. The third-order valence-corrected chi connectivity index (χ3v) is 10.2. The summed E-state index contributed by atoms with van der Waals surface area (Å²) in [4.78, 5) is 39.5. The Morgan fingerprint density at radius 3 is 2.42 bits per heavy atom. The normalized spacial score (nSPS) is 14.1. The fourth-order valence-electron chi connectivity index (χ4n) is 5.23. The van der Waals surface area contributed by atoms with Crippen LogP contribution in [-0.4, -0.2) is 55.8 Å². The van der Waals surface area contributed by atoms with Crippen LogP contribution in [0.15, 0.2) is 65.6 Å². The number of aryl methyl sites for hydroxylation is 1. The van der Waals surface area contributed by atoms with Gasteiger partial charge in [0.25, 0.3) is 15.7 Å². The SMILES string of the molecule is COc1ccc(Cl)cc1N(CC(=O)N(Cc1ccccc1Cl)[C@H](C)C(=O)NC1CCCC1)S(=O)(=O)c1ccc(C)c([N+](=O)[O-])c1. The number of hydrogen-bond donors (Lipinski definition) is 1. The Bertz CT molecular complexity index is 1700. The van der Waals surface area contributed by atoms with E-state index in [-0.39, 0.29) is 40.5 Å². The van der Waals surface area contributed by atoms with Gasteiger partial charge in [-0.15, -0.1) is 0 Å². The van der Waals surface area contributed by atoms with E-state index in [4.69, 9.17) is 27.9 Å². The van der Waals surface area contributed by atoms with E-state index in [1.165, 1.54) is 49.3 Å². The molecule has 0 radical (unpaired) electrons. The fourth-order valence-corrected chi connectivity index (χ4v) is 7.03. The first-order valence-electron chi connectivity index (χ1n) is 14.3. The second-order valence-corrected chi connectivity index (χ2v) is 13.5. The number of carbonyl (C=O) groups excluding carboxylic acids is 2. The van der Waals surface area contributed by atoms with Crippen LogP contribution in [0.3, 0.4) is 0 Å². The topological polar surface area (TPSA) is 139 Å². The number of benzene rings is 3. The second-order valence-electron chi connectivity index (χ2n) is 10.8. The summed E-state index contributed by atoms with van der Waals surface area (Å²) >= 11 is 12.7. The van der Waals surface area contributed by atoms with Crippen molar-refractivity contribution in [2.75, 3.05) is 18.0 Å². The van der Waals surface area contributed by atoms with Gasteiger partial charge in [-0.2, -0.15) is 0 Å². The molecule has 14 heteroatoms. The maximum Gasteiger partial charge on any atom is 0.273 e. The van der Waals surface area contributed by atoms with E-state index >= 15 is 0 Å². The first-order valence-corrected chi connectivity index (χ1v) is 16.5. The smallest absolute Gasteiger partial charge is 0.273 e. The highest BCUT2D eigenvalue weighted by Crippen LogP contribution is 2.36. The van der Waals surface area contributed by atoms with Crippen LogP contribution in [-0.2, 0) is 26.2 Å². The molecule has 0 aromatic heterocycles. The minimum atomic E-state index is -4.63. The molecule has 2 amide bonds. The molecule has 1 aliphatic rings. The van der Waals surface area contributed by atoms with Crippen LogP contribution in [0.25, 0.3) is 0 Å². The molecule has 0 unspecified atom stereocenters. The van der Waals surface area contributed by atoms with Crippen molar-refractivity contribution in [1.82, 2.24) is 10.2 Å². The first-order chi connectivity index (χ1) is 21.3. The molecule has 45 heavy (non-hydrogen) atoms. The molecule has 1 atom stereocenters. The van der Waals surface area contributed by atoms with Crippen LogP contribution in [0.1, 0.15) is 43.7 Å². The third-order valence-electron chi connectivity index (χ3n) is 7.82. The molecule has 1 saturated carbocycles. The minimum Gasteiger partial charge on any atom is -0.495 e. The summed E-state index contributed by atoms with van der Waals surface area (Å²) < 4.78 is 34.7. The number of rotatable bonds is 12. The number of sulfonamides is 1. The molecular weight excluding hydrogens is 643 g/mol. The molecule has 0 heterocycles. The van der Waals surface area contributed by atoms with E-state index in [0.29, 0.717) is 10.6 Å². The summed E-state index contributed by atoms with van der Waals surface area (Å²) in [5, 5.41) is 15.2. The number of halogens is 2. The van der Waals surface area contributed by atoms with Gasteiger partial charge < -0.3 is 15.0 Å². The summed E-state index contributed by atoms with van der Waals surface area (Å²) in [7, 11) is -3.31. The van der Waals surface area contributed by atoms with E-state index < -0.39 is 44.0 Å². The lowest BCUT2D eigenvalue weighted by atomic mass is 10.1. The largest absolute Gasteiger partial charge is 0.495 e. The Kier molecular flexibility index (Phi) is 10.9. The average Bonchev–Trinajstić information content (AvgIpc) is 3.52. The summed E-state index contributed by atoms with van der Waals surface area (Å²) in [5.41, 5.74) is 0.340. The number of methoxy groups -OCH3 is 1. The van der Waals surface area contributed by atoms with Crippen molar-refractivity contribution in [2.45, 2.75) is 63.1 Å². The van der Waals surface area contributed by atoms with Crippen LogP contribution in [0.5, 0.6) is 5.75 Å². The van der Waals surface area contributed by atoms with Crippen LogP contribution < -0.4 is 14.4 Å². The lowest BCUT2D eigenvalue weighted by Crippen LogP contribution is -2.52. The highest BCUT2D eigenvalue weighted by Gasteiger charge is 2.35. The number of nitro benzene ring substituents is 1. The zero-order chi connectivity index (χ0) is 32.9. The Labute approximate surface area is 272 Å². The lowest BCUT2D eigenvalue weighted by molar-refractivity contribution is -0.385.